The van der Waals surface area contributed by atoms with Crippen molar-refractivity contribution < 1.29 is 9.53 Å². The molecule has 0 saturated carbocycles. The van der Waals surface area contributed by atoms with Gasteiger partial charge in [0.2, 0.25) is 0 Å². The molecule has 3 nitrogen and oxygen atoms in total. The molecule has 2 aromatic rings. The average Bonchev–Trinajstić information content (AvgIpc) is 2.64. The number of carbonyl (C=O) groups is 1. The Morgan fingerprint density at radius 1 is 1.00 bits per heavy atom. The summed E-state index contributed by atoms with van der Waals surface area (Å²) in [4.78, 5) is 15.0. The van der Waals surface area contributed by atoms with E-state index in [1.807, 2.05) is 55.5 Å². The third-order valence-electron chi connectivity index (χ3n) is 4.56. The van der Waals surface area contributed by atoms with Crippen molar-refractivity contribution in [2.75, 3.05) is 6.61 Å². The van der Waals surface area contributed by atoms with Gasteiger partial charge in [-0.2, -0.15) is 0 Å². The molecule has 0 radical (unpaired) electrons. The fraction of sp³-hybridized carbons (Fsp3) is 0.261. The second-order valence-electron chi connectivity index (χ2n) is 6.96. The third kappa shape index (κ3) is 3.72. The Morgan fingerprint density at radius 3 is 2.23 bits per heavy atom. The van der Waals surface area contributed by atoms with Crippen molar-refractivity contribution in [1.82, 2.24) is 4.90 Å². The van der Waals surface area contributed by atoms with E-state index in [0.717, 1.165) is 11.3 Å². The summed E-state index contributed by atoms with van der Waals surface area (Å²) in [5, 5.41) is 0. The summed E-state index contributed by atoms with van der Waals surface area (Å²) < 4.78 is 5.41. The van der Waals surface area contributed by atoms with Gasteiger partial charge < -0.3 is 9.64 Å². The van der Waals surface area contributed by atoms with Gasteiger partial charge in [0, 0.05) is 18.2 Å². The van der Waals surface area contributed by atoms with Gasteiger partial charge >= 0.3 is 5.97 Å². The SMILES string of the molecule is CCOC(=O)C1=C(c2ccccc2)N(Cc2ccccc2)C=CC1(C)C. The molecule has 2 aromatic carbocycles. The molecule has 0 N–H and O–H groups in total. The van der Waals surface area contributed by atoms with Crippen molar-refractivity contribution in [3.63, 3.8) is 0 Å². The first-order valence-electron chi connectivity index (χ1n) is 9.00. The summed E-state index contributed by atoms with van der Waals surface area (Å²) in [5.41, 5.74) is 3.42. The fourth-order valence-electron chi connectivity index (χ4n) is 3.26. The predicted octanol–water partition coefficient (Wildman–Crippen LogP) is 5.02. The Kier molecular flexibility index (Phi) is 5.27. The second-order valence-corrected chi connectivity index (χ2v) is 6.96. The van der Waals surface area contributed by atoms with Crippen molar-refractivity contribution in [3.05, 3.63) is 89.6 Å². The topological polar surface area (TPSA) is 29.5 Å². The summed E-state index contributed by atoms with van der Waals surface area (Å²) in [6.07, 6.45) is 4.16. The molecule has 0 saturated heterocycles. The summed E-state index contributed by atoms with van der Waals surface area (Å²) in [6, 6.07) is 20.3. The zero-order valence-electron chi connectivity index (χ0n) is 15.6. The molecule has 0 aromatic heterocycles. The third-order valence-corrected chi connectivity index (χ3v) is 4.56. The van der Waals surface area contributed by atoms with E-state index in [0.29, 0.717) is 18.7 Å². The number of hydrogen-bond donors (Lipinski definition) is 0. The van der Waals surface area contributed by atoms with Crippen molar-refractivity contribution in [1.29, 1.82) is 0 Å². The van der Waals surface area contributed by atoms with Crippen LogP contribution < -0.4 is 0 Å². The van der Waals surface area contributed by atoms with Crippen LogP contribution in [0.25, 0.3) is 5.70 Å². The number of carbonyl (C=O) groups excluding carboxylic acids is 1. The van der Waals surface area contributed by atoms with Crippen molar-refractivity contribution in [2.45, 2.75) is 27.3 Å². The molecule has 1 aliphatic rings. The molecule has 3 rings (SSSR count). The molecule has 1 heterocycles. The van der Waals surface area contributed by atoms with E-state index in [1.165, 1.54) is 5.56 Å². The van der Waals surface area contributed by atoms with E-state index in [9.17, 15) is 4.79 Å². The maximum Gasteiger partial charge on any atom is 0.337 e. The van der Waals surface area contributed by atoms with Crippen LogP contribution in [-0.4, -0.2) is 17.5 Å². The minimum Gasteiger partial charge on any atom is -0.463 e. The van der Waals surface area contributed by atoms with Gasteiger partial charge in [0.15, 0.2) is 0 Å². The van der Waals surface area contributed by atoms with Crippen LogP contribution in [0, 0.1) is 5.41 Å². The Bertz CT molecular complexity index is 820. The molecule has 0 spiro atoms. The van der Waals surface area contributed by atoms with Gasteiger partial charge in [-0.15, -0.1) is 0 Å². The number of rotatable bonds is 5. The molecule has 0 amide bonds. The molecule has 0 fully saturated rings. The van der Waals surface area contributed by atoms with Gasteiger partial charge in [0.1, 0.15) is 0 Å². The zero-order chi connectivity index (χ0) is 18.6. The normalized spacial score (nSPS) is 15.9. The number of allylic oxidation sites excluding steroid dienone is 1. The van der Waals surface area contributed by atoms with Crippen LogP contribution in [0.4, 0.5) is 0 Å². The molecule has 26 heavy (non-hydrogen) atoms. The molecule has 134 valence electrons. The fourth-order valence-corrected chi connectivity index (χ4v) is 3.26. The highest BCUT2D eigenvalue weighted by Gasteiger charge is 2.36. The lowest BCUT2D eigenvalue weighted by molar-refractivity contribution is -0.139. The number of hydrogen-bond acceptors (Lipinski definition) is 3. The van der Waals surface area contributed by atoms with E-state index >= 15 is 0 Å². The van der Waals surface area contributed by atoms with Gasteiger partial charge in [0.05, 0.1) is 17.9 Å². The Labute approximate surface area is 155 Å². The first-order valence-corrected chi connectivity index (χ1v) is 9.00. The van der Waals surface area contributed by atoms with E-state index in [-0.39, 0.29) is 5.97 Å². The highest BCUT2D eigenvalue weighted by Crippen LogP contribution is 2.41. The van der Waals surface area contributed by atoms with Crippen LogP contribution in [0.3, 0.4) is 0 Å². The Balaban J connectivity index is 2.13. The molecule has 1 aliphatic heterocycles. The van der Waals surface area contributed by atoms with Gasteiger partial charge in [-0.05, 0) is 18.1 Å². The van der Waals surface area contributed by atoms with E-state index < -0.39 is 5.41 Å². The molecule has 0 atom stereocenters. The molecule has 0 aliphatic carbocycles. The summed E-state index contributed by atoms with van der Waals surface area (Å²) in [6.45, 7) is 7.01. The number of ether oxygens (including phenoxy) is 1. The van der Waals surface area contributed by atoms with E-state index in [2.05, 4.69) is 43.2 Å². The summed E-state index contributed by atoms with van der Waals surface area (Å²) in [5.74, 6) is -0.251. The molecule has 0 bridgehead atoms. The van der Waals surface area contributed by atoms with Crippen LogP contribution in [-0.2, 0) is 16.1 Å². The maximum absolute atomic E-state index is 12.9. The van der Waals surface area contributed by atoms with Gasteiger partial charge in [-0.1, -0.05) is 80.6 Å². The van der Waals surface area contributed by atoms with E-state index in [4.69, 9.17) is 4.74 Å². The first kappa shape index (κ1) is 18.0. The zero-order valence-corrected chi connectivity index (χ0v) is 15.6. The minimum atomic E-state index is -0.398. The minimum absolute atomic E-state index is 0.251. The van der Waals surface area contributed by atoms with Gasteiger partial charge in [0.25, 0.3) is 0 Å². The second kappa shape index (κ2) is 7.61. The van der Waals surface area contributed by atoms with E-state index in [1.54, 1.807) is 0 Å². The van der Waals surface area contributed by atoms with Crippen LogP contribution in [0.2, 0.25) is 0 Å². The van der Waals surface area contributed by atoms with Crippen LogP contribution in [0.5, 0.6) is 0 Å². The van der Waals surface area contributed by atoms with Crippen LogP contribution in [0.15, 0.2) is 78.5 Å². The van der Waals surface area contributed by atoms with Crippen molar-refractivity contribution in [2.24, 2.45) is 5.41 Å². The standard InChI is InChI=1S/C23H25NO2/c1-4-26-22(25)20-21(19-13-9-6-10-14-19)24(16-15-23(20,2)3)17-18-11-7-5-8-12-18/h5-16H,4,17H2,1-3H3. The number of esters is 1. The monoisotopic (exact) mass is 347 g/mol. The lowest BCUT2D eigenvalue weighted by Gasteiger charge is -2.36. The molecular formula is C23H25NO2. The summed E-state index contributed by atoms with van der Waals surface area (Å²) in [7, 11) is 0. The predicted molar refractivity (Wildman–Crippen MR) is 105 cm³/mol. The quantitative estimate of drug-likeness (QED) is 0.712. The Hall–Kier alpha value is -2.81. The van der Waals surface area contributed by atoms with Crippen molar-refractivity contribution in [3.8, 4) is 0 Å². The highest BCUT2D eigenvalue weighted by molar-refractivity contribution is 5.99. The highest BCUT2D eigenvalue weighted by atomic mass is 16.5. The van der Waals surface area contributed by atoms with Gasteiger partial charge in [-0.3, -0.25) is 0 Å². The molecular weight excluding hydrogens is 322 g/mol. The van der Waals surface area contributed by atoms with Gasteiger partial charge in [-0.25, -0.2) is 4.79 Å². The maximum atomic E-state index is 12.9. The van der Waals surface area contributed by atoms with Crippen molar-refractivity contribution >= 4 is 11.7 Å². The first-order chi connectivity index (χ1) is 12.5. The lowest BCUT2D eigenvalue weighted by atomic mass is 9.79. The average molecular weight is 347 g/mol. The number of benzene rings is 2. The number of nitrogens with zero attached hydrogens (tertiary/aromatic N) is 1. The largest absolute Gasteiger partial charge is 0.463 e. The smallest absolute Gasteiger partial charge is 0.337 e. The van der Waals surface area contributed by atoms with Crippen LogP contribution >= 0.6 is 0 Å². The Morgan fingerprint density at radius 2 is 1.62 bits per heavy atom. The summed E-state index contributed by atoms with van der Waals surface area (Å²) >= 11 is 0. The lowest BCUT2D eigenvalue weighted by Crippen LogP contribution is -2.32. The molecule has 0 unspecified atom stereocenters. The molecule has 3 heteroatoms. The van der Waals surface area contributed by atoms with Crippen LogP contribution in [0.1, 0.15) is 31.9 Å².